The molecule has 0 aliphatic carbocycles. The third kappa shape index (κ3) is 4.92. The summed E-state index contributed by atoms with van der Waals surface area (Å²) < 4.78 is 0. The Labute approximate surface area is 148 Å². The van der Waals surface area contributed by atoms with E-state index < -0.39 is 0 Å². The lowest BCUT2D eigenvalue weighted by molar-refractivity contribution is -0.129. The van der Waals surface area contributed by atoms with Gasteiger partial charge in [0.1, 0.15) is 5.82 Å². The van der Waals surface area contributed by atoms with Gasteiger partial charge in [0.15, 0.2) is 0 Å². The number of carbonyl (C=O) groups excluding carboxylic acids is 1. The summed E-state index contributed by atoms with van der Waals surface area (Å²) >= 11 is 0. The van der Waals surface area contributed by atoms with E-state index in [0.29, 0.717) is 0 Å². The third-order valence-corrected chi connectivity index (χ3v) is 4.44. The predicted molar refractivity (Wildman–Crippen MR) is 99.8 cm³/mol. The molecule has 1 amide bonds. The molecule has 0 spiro atoms. The molecule has 6 heteroatoms. The molecule has 1 aliphatic heterocycles. The number of hydrogen-bond donors (Lipinski definition) is 1. The van der Waals surface area contributed by atoms with E-state index in [-0.39, 0.29) is 5.91 Å². The topological polar surface area (TPSA) is 61.4 Å². The maximum absolute atomic E-state index is 11.4. The van der Waals surface area contributed by atoms with Gasteiger partial charge < -0.3 is 15.1 Å². The Morgan fingerprint density at radius 2 is 1.88 bits per heavy atom. The molecule has 1 N–H and O–H groups in total. The van der Waals surface area contributed by atoms with E-state index >= 15 is 0 Å². The first-order valence-corrected chi connectivity index (χ1v) is 8.84. The SMILES string of the molecule is CC(=O)N1CCN(c2nccc(NCCCc3ccccc3)n2)CC1. The van der Waals surface area contributed by atoms with Crippen LogP contribution in [0.5, 0.6) is 0 Å². The highest BCUT2D eigenvalue weighted by molar-refractivity contribution is 5.73. The van der Waals surface area contributed by atoms with Gasteiger partial charge in [-0.2, -0.15) is 4.98 Å². The number of aromatic nitrogens is 2. The van der Waals surface area contributed by atoms with Crippen molar-refractivity contribution in [2.24, 2.45) is 0 Å². The minimum Gasteiger partial charge on any atom is -0.370 e. The minimum atomic E-state index is 0.134. The summed E-state index contributed by atoms with van der Waals surface area (Å²) in [5, 5.41) is 3.38. The zero-order valence-electron chi connectivity index (χ0n) is 14.7. The van der Waals surface area contributed by atoms with Crippen LogP contribution in [-0.2, 0) is 11.2 Å². The van der Waals surface area contributed by atoms with E-state index in [1.807, 2.05) is 17.0 Å². The quantitative estimate of drug-likeness (QED) is 0.818. The Bertz CT molecular complexity index is 683. The molecule has 0 saturated carbocycles. The van der Waals surface area contributed by atoms with Crippen LogP contribution >= 0.6 is 0 Å². The number of hydrogen-bond acceptors (Lipinski definition) is 5. The molecule has 6 nitrogen and oxygen atoms in total. The summed E-state index contributed by atoms with van der Waals surface area (Å²) in [6, 6.07) is 12.4. The van der Waals surface area contributed by atoms with Crippen LogP contribution < -0.4 is 10.2 Å². The second kappa shape index (κ2) is 8.46. The molecule has 1 aromatic carbocycles. The fourth-order valence-corrected chi connectivity index (χ4v) is 2.97. The highest BCUT2D eigenvalue weighted by Crippen LogP contribution is 2.14. The smallest absolute Gasteiger partial charge is 0.227 e. The van der Waals surface area contributed by atoms with E-state index in [2.05, 4.69) is 44.5 Å². The number of rotatable bonds is 6. The summed E-state index contributed by atoms with van der Waals surface area (Å²) in [5.41, 5.74) is 1.36. The van der Waals surface area contributed by atoms with E-state index in [1.54, 1.807) is 13.1 Å². The standard InChI is InChI=1S/C19H25N5O/c1-16(25)23-12-14-24(15-13-23)19-21-11-9-18(22-19)20-10-5-8-17-6-3-2-4-7-17/h2-4,6-7,9,11H,5,8,10,12-15H2,1H3,(H,20,21,22). The molecule has 0 atom stereocenters. The lowest BCUT2D eigenvalue weighted by Crippen LogP contribution is -2.48. The number of carbonyl (C=O) groups is 1. The maximum atomic E-state index is 11.4. The Morgan fingerprint density at radius 1 is 1.12 bits per heavy atom. The fourth-order valence-electron chi connectivity index (χ4n) is 2.97. The van der Waals surface area contributed by atoms with Crippen LogP contribution in [0.2, 0.25) is 0 Å². The largest absolute Gasteiger partial charge is 0.370 e. The molecule has 0 unspecified atom stereocenters. The van der Waals surface area contributed by atoms with Gasteiger partial charge in [-0.05, 0) is 24.5 Å². The van der Waals surface area contributed by atoms with Crippen molar-refractivity contribution in [2.45, 2.75) is 19.8 Å². The first-order valence-electron chi connectivity index (χ1n) is 8.84. The van der Waals surface area contributed by atoms with Crippen molar-refractivity contribution < 1.29 is 4.79 Å². The minimum absolute atomic E-state index is 0.134. The van der Waals surface area contributed by atoms with Crippen LogP contribution in [0.1, 0.15) is 18.9 Å². The first kappa shape index (κ1) is 17.2. The highest BCUT2D eigenvalue weighted by Gasteiger charge is 2.20. The molecule has 0 bridgehead atoms. The van der Waals surface area contributed by atoms with Crippen LogP contribution in [0.15, 0.2) is 42.6 Å². The number of nitrogens with one attached hydrogen (secondary N) is 1. The highest BCUT2D eigenvalue weighted by atomic mass is 16.2. The van der Waals surface area contributed by atoms with Crippen molar-refractivity contribution in [2.75, 3.05) is 42.9 Å². The van der Waals surface area contributed by atoms with E-state index in [0.717, 1.165) is 57.3 Å². The van der Waals surface area contributed by atoms with Gasteiger partial charge in [0.2, 0.25) is 11.9 Å². The van der Waals surface area contributed by atoms with Gasteiger partial charge in [-0.3, -0.25) is 4.79 Å². The molecule has 2 heterocycles. The lowest BCUT2D eigenvalue weighted by Gasteiger charge is -2.34. The Hall–Kier alpha value is -2.63. The Balaban J connectivity index is 1.47. The second-order valence-electron chi connectivity index (χ2n) is 6.25. The molecule has 132 valence electrons. The van der Waals surface area contributed by atoms with Gasteiger partial charge >= 0.3 is 0 Å². The van der Waals surface area contributed by atoms with E-state index in [4.69, 9.17) is 0 Å². The molecule has 0 radical (unpaired) electrons. The van der Waals surface area contributed by atoms with Gasteiger partial charge in [-0.1, -0.05) is 30.3 Å². The Morgan fingerprint density at radius 3 is 2.60 bits per heavy atom. The van der Waals surface area contributed by atoms with Crippen molar-refractivity contribution in [1.29, 1.82) is 0 Å². The molecule has 3 rings (SSSR count). The van der Waals surface area contributed by atoms with Crippen LogP contribution in [-0.4, -0.2) is 53.5 Å². The van der Waals surface area contributed by atoms with Gasteiger partial charge in [0.05, 0.1) is 0 Å². The summed E-state index contributed by atoms with van der Waals surface area (Å²) in [6.07, 6.45) is 3.90. The molecule has 1 fully saturated rings. The van der Waals surface area contributed by atoms with Crippen LogP contribution in [0.3, 0.4) is 0 Å². The first-order chi connectivity index (χ1) is 12.2. The zero-order valence-corrected chi connectivity index (χ0v) is 14.7. The summed E-state index contributed by atoms with van der Waals surface area (Å²) in [4.78, 5) is 24.4. The predicted octanol–water partition coefficient (Wildman–Crippen LogP) is 2.19. The normalized spacial score (nSPS) is 14.4. The molecule has 1 aromatic heterocycles. The van der Waals surface area contributed by atoms with Gasteiger partial charge in [0, 0.05) is 45.8 Å². The summed E-state index contributed by atoms with van der Waals surface area (Å²) in [5.74, 6) is 1.72. The van der Waals surface area contributed by atoms with Crippen LogP contribution in [0.25, 0.3) is 0 Å². The summed E-state index contributed by atoms with van der Waals surface area (Å²) in [7, 11) is 0. The van der Waals surface area contributed by atoms with Crippen molar-refractivity contribution in [3.8, 4) is 0 Å². The van der Waals surface area contributed by atoms with Gasteiger partial charge in [-0.25, -0.2) is 4.98 Å². The van der Waals surface area contributed by atoms with E-state index in [9.17, 15) is 4.79 Å². The molecule has 1 aliphatic rings. The number of nitrogens with zero attached hydrogens (tertiary/aromatic N) is 4. The third-order valence-electron chi connectivity index (χ3n) is 4.44. The molecule has 1 saturated heterocycles. The van der Waals surface area contributed by atoms with Gasteiger partial charge in [-0.15, -0.1) is 0 Å². The lowest BCUT2D eigenvalue weighted by atomic mass is 10.1. The number of piperazine rings is 1. The van der Waals surface area contributed by atoms with E-state index in [1.165, 1.54) is 5.56 Å². The van der Waals surface area contributed by atoms with Crippen LogP contribution in [0.4, 0.5) is 11.8 Å². The molecular formula is C19H25N5O. The van der Waals surface area contributed by atoms with Crippen molar-refractivity contribution >= 4 is 17.7 Å². The number of amides is 1. The van der Waals surface area contributed by atoms with Crippen LogP contribution in [0, 0.1) is 0 Å². The Kier molecular flexibility index (Phi) is 5.82. The van der Waals surface area contributed by atoms with Gasteiger partial charge in [0.25, 0.3) is 0 Å². The number of aryl methyl sites for hydroxylation is 1. The summed E-state index contributed by atoms with van der Waals surface area (Å²) in [6.45, 7) is 5.50. The van der Waals surface area contributed by atoms with Crippen molar-refractivity contribution in [1.82, 2.24) is 14.9 Å². The molecular weight excluding hydrogens is 314 g/mol. The average Bonchev–Trinajstić information content (AvgIpc) is 2.66. The van der Waals surface area contributed by atoms with Crippen molar-refractivity contribution in [3.63, 3.8) is 0 Å². The average molecular weight is 339 g/mol. The van der Waals surface area contributed by atoms with Crippen molar-refractivity contribution in [3.05, 3.63) is 48.2 Å². The monoisotopic (exact) mass is 339 g/mol. The number of benzene rings is 1. The number of anilines is 2. The molecule has 25 heavy (non-hydrogen) atoms. The zero-order chi connectivity index (χ0) is 17.5. The fraction of sp³-hybridized carbons (Fsp3) is 0.421. The second-order valence-corrected chi connectivity index (χ2v) is 6.25. The maximum Gasteiger partial charge on any atom is 0.227 e. The molecule has 2 aromatic rings.